The molecule has 0 aliphatic heterocycles. The van der Waals surface area contributed by atoms with Crippen molar-refractivity contribution in [3.8, 4) is 5.75 Å². The Balaban J connectivity index is 1.69. The average Bonchev–Trinajstić information content (AvgIpc) is 2.58. The second kappa shape index (κ2) is 8.91. The van der Waals surface area contributed by atoms with Crippen LogP contribution >= 0.6 is 0 Å². The van der Waals surface area contributed by atoms with Crippen LogP contribution in [0.4, 0.5) is 0 Å². The van der Waals surface area contributed by atoms with Crippen LogP contribution in [0.5, 0.6) is 5.75 Å². The maximum Gasteiger partial charge on any atom is 0.329 e. The number of rotatable bonds is 7. The fourth-order valence-corrected chi connectivity index (χ4v) is 2.48. The van der Waals surface area contributed by atoms with Gasteiger partial charge in [-0.3, -0.25) is 9.59 Å². The van der Waals surface area contributed by atoms with E-state index in [9.17, 15) is 14.7 Å². The van der Waals surface area contributed by atoms with Gasteiger partial charge in [0.25, 0.3) is 5.91 Å². The van der Waals surface area contributed by atoms with Crippen molar-refractivity contribution >= 4 is 22.6 Å². The molecule has 0 saturated heterocycles. The van der Waals surface area contributed by atoms with E-state index in [1.54, 1.807) is 0 Å². The van der Waals surface area contributed by atoms with E-state index in [1.807, 2.05) is 42.8 Å². The van der Waals surface area contributed by atoms with Crippen LogP contribution in [-0.4, -0.2) is 17.0 Å². The minimum atomic E-state index is -0.534. The van der Waals surface area contributed by atoms with Gasteiger partial charge >= 0.3 is 5.97 Å². The predicted octanol–water partition coefficient (Wildman–Crippen LogP) is 3.64. The number of fused-ring (bicyclic) bond motifs is 1. The van der Waals surface area contributed by atoms with Crippen molar-refractivity contribution in [3.63, 3.8) is 0 Å². The zero-order valence-electron chi connectivity index (χ0n) is 13.7. The SMILES string of the molecule is CC(=O)ONC(=O)CCCCC[CH]c1ccc2ccccc2c1O. The summed E-state index contributed by atoms with van der Waals surface area (Å²) in [5.41, 5.74) is 2.93. The summed E-state index contributed by atoms with van der Waals surface area (Å²) >= 11 is 0. The van der Waals surface area contributed by atoms with Gasteiger partial charge in [-0.25, -0.2) is 0 Å². The topological polar surface area (TPSA) is 75.6 Å². The molecule has 1 amide bonds. The maximum atomic E-state index is 11.3. The van der Waals surface area contributed by atoms with E-state index < -0.39 is 5.97 Å². The molecule has 5 heteroatoms. The third-order valence-corrected chi connectivity index (χ3v) is 3.71. The molecule has 2 rings (SSSR count). The highest BCUT2D eigenvalue weighted by atomic mass is 16.7. The van der Waals surface area contributed by atoms with Crippen molar-refractivity contribution < 1.29 is 19.5 Å². The molecular formula is C19H22NO4. The second-order valence-electron chi connectivity index (χ2n) is 5.65. The summed E-state index contributed by atoms with van der Waals surface area (Å²) < 4.78 is 0. The lowest BCUT2D eigenvalue weighted by Gasteiger charge is -2.08. The number of amides is 1. The van der Waals surface area contributed by atoms with E-state index in [-0.39, 0.29) is 5.91 Å². The van der Waals surface area contributed by atoms with Gasteiger partial charge in [-0.1, -0.05) is 49.2 Å². The van der Waals surface area contributed by atoms with Crippen LogP contribution in [0.3, 0.4) is 0 Å². The van der Waals surface area contributed by atoms with Crippen LogP contribution < -0.4 is 5.48 Å². The molecular weight excluding hydrogens is 306 g/mol. The van der Waals surface area contributed by atoms with Gasteiger partial charge in [0.15, 0.2) is 0 Å². The minimum Gasteiger partial charge on any atom is -0.507 e. The van der Waals surface area contributed by atoms with Crippen LogP contribution in [0.15, 0.2) is 36.4 Å². The first-order chi connectivity index (χ1) is 11.6. The van der Waals surface area contributed by atoms with Crippen molar-refractivity contribution in [2.75, 3.05) is 0 Å². The average molecular weight is 328 g/mol. The standard InChI is InChI=1S/C19H22NO4/c1-14(21)24-20-18(22)11-5-3-2-4-9-16-13-12-15-8-6-7-10-17(15)19(16)23/h6-10,12-13,23H,2-5,11H2,1H3,(H,20,22). The quantitative estimate of drug-likeness (QED) is 0.601. The highest BCUT2D eigenvalue weighted by Gasteiger charge is 2.06. The van der Waals surface area contributed by atoms with Crippen LogP contribution in [0.25, 0.3) is 10.8 Å². The Morgan fingerprint density at radius 3 is 2.71 bits per heavy atom. The van der Waals surface area contributed by atoms with Gasteiger partial charge in [-0.15, -0.1) is 0 Å². The summed E-state index contributed by atoms with van der Waals surface area (Å²) in [5.74, 6) is -0.511. The Morgan fingerprint density at radius 1 is 1.12 bits per heavy atom. The molecule has 0 saturated carbocycles. The number of hydroxylamine groups is 1. The van der Waals surface area contributed by atoms with E-state index in [1.165, 1.54) is 6.92 Å². The number of phenolic OH excluding ortho intramolecular Hbond substituents is 1. The first-order valence-corrected chi connectivity index (χ1v) is 8.08. The molecule has 2 N–H and O–H groups in total. The molecule has 5 nitrogen and oxygen atoms in total. The number of aromatic hydroxyl groups is 1. The van der Waals surface area contributed by atoms with Gasteiger partial charge in [0.05, 0.1) is 0 Å². The highest BCUT2D eigenvalue weighted by Crippen LogP contribution is 2.30. The number of carbonyl (C=O) groups is 2. The molecule has 0 fully saturated rings. The molecule has 127 valence electrons. The van der Waals surface area contributed by atoms with Crippen molar-refractivity contribution in [1.82, 2.24) is 5.48 Å². The number of nitrogens with one attached hydrogen (secondary N) is 1. The third-order valence-electron chi connectivity index (χ3n) is 3.71. The van der Waals surface area contributed by atoms with Crippen LogP contribution in [0.2, 0.25) is 0 Å². The molecule has 0 unspecified atom stereocenters. The fraction of sp³-hybridized carbons (Fsp3) is 0.316. The summed E-state index contributed by atoms with van der Waals surface area (Å²) in [4.78, 5) is 26.3. The predicted molar refractivity (Wildman–Crippen MR) is 92.0 cm³/mol. The van der Waals surface area contributed by atoms with E-state index in [2.05, 4.69) is 10.3 Å². The number of unbranched alkanes of at least 4 members (excludes halogenated alkanes) is 3. The highest BCUT2D eigenvalue weighted by molar-refractivity contribution is 5.89. The van der Waals surface area contributed by atoms with Crippen molar-refractivity contribution in [2.45, 2.75) is 39.0 Å². The summed E-state index contributed by atoms with van der Waals surface area (Å²) in [6.07, 6.45) is 5.71. The Kier molecular flexibility index (Phi) is 6.61. The van der Waals surface area contributed by atoms with Gasteiger partial charge < -0.3 is 9.94 Å². The van der Waals surface area contributed by atoms with Crippen LogP contribution in [0, 0.1) is 6.42 Å². The van der Waals surface area contributed by atoms with Crippen molar-refractivity contribution in [3.05, 3.63) is 48.4 Å². The summed E-state index contributed by atoms with van der Waals surface area (Å²) in [7, 11) is 0. The fourth-order valence-electron chi connectivity index (χ4n) is 2.48. The van der Waals surface area contributed by atoms with E-state index >= 15 is 0 Å². The molecule has 0 aliphatic rings. The van der Waals surface area contributed by atoms with Gasteiger partial charge in [-0.2, -0.15) is 5.48 Å². The van der Waals surface area contributed by atoms with E-state index in [0.717, 1.165) is 42.0 Å². The zero-order chi connectivity index (χ0) is 17.4. The molecule has 0 atom stereocenters. The Labute approximate surface area is 141 Å². The first kappa shape index (κ1) is 17.8. The number of benzene rings is 2. The summed E-state index contributed by atoms with van der Waals surface area (Å²) in [6.45, 7) is 1.23. The van der Waals surface area contributed by atoms with Crippen molar-refractivity contribution in [2.24, 2.45) is 0 Å². The summed E-state index contributed by atoms with van der Waals surface area (Å²) in [6, 6.07) is 11.7. The normalized spacial score (nSPS) is 10.5. The second-order valence-corrected chi connectivity index (χ2v) is 5.65. The van der Waals surface area contributed by atoms with E-state index in [4.69, 9.17) is 0 Å². The van der Waals surface area contributed by atoms with Gasteiger partial charge in [0, 0.05) is 18.7 Å². The van der Waals surface area contributed by atoms with Crippen LogP contribution in [-0.2, 0) is 14.4 Å². The molecule has 1 radical (unpaired) electrons. The number of hydrogen-bond donors (Lipinski definition) is 2. The molecule has 24 heavy (non-hydrogen) atoms. The lowest BCUT2D eigenvalue weighted by molar-refractivity contribution is -0.156. The first-order valence-electron chi connectivity index (χ1n) is 8.08. The van der Waals surface area contributed by atoms with E-state index in [0.29, 0.717) is 12.2 Å². The molecule has 0 aliphatic carbocycles. The molecule has 0 bridgehead atoms. The maximum absolute atomic E-state index is 11.3. The number of hydrogen-bond acceptors (Lipinski definition) is 4. The Morgan fingerprint density at radius 2 is 1.92 bits per heavy atom. The molecule has 2 aromatic carbocycles. The largest absolute Gasteiger partial charge is 0.507 e. The van der Waals surface area contributed by atoms with Crippen LogP contribution in [0.1, 0.15) is 44.6 Å². The van der Waals surface area contributed by atoms with Gasteiger partial charge in [-0.05, 0) is 30.2 Å². The molecule has 0 heterocycles. The van der Waals surface area contributed by atoms with Gasteiger partial charge in [0.2, 0.25) is 0 Å². The number of carbonyl (C=O) groups excluding carboxylic acids is 2. The van der Waals surface area contributed by atoms with Gasteiger partial charge in [0.1, 0.15) is 5.75 Å². The monoisotopic (exact) mass is 328 g/mol. The smallest absolute Gasteiger partial charge is 0.329 e. The minimum absolute atomic E-state index is 0.290. The zero-order valence-corrected chi connectivity index (χ0v) is 13.7. The lowest BCUT2D eigenvalue weighted by Crippen LogP contribution is -2.25. The van der Waals surface area contributed by atoms with Crippen molar-refractivity contribution in [1.29, 1.82) is 0 Å². The molecule has 2 aromatic rings. The third kappa shape index (κ3) is 5.26. The molecule has 0 spiro atoms. The number of phenols is 1. The summed E-state index contributed by atoms with van der Waals surface area (Å²) in [5, 5.41) is 12.2. The lowest BCUT2D eigenvalue weighted by atomic mass is 10.0. The Bertz CT molecular complexity index is 712. The Hall–Kier alpha value is -2.56. The molecule has 0 aromatic heterocycles.